The Morgan fingerprint density at radius 3 is 2.71 bits per heavy atom. The van der Waals surface area contributed by atoms with Crippen molar-refractivity contribution in [1.29, 1.82) is 0 Å². The predicted octanol–water partition coefficient (Wildman–Crippen LogP) is 2.75. The normalized spacial score (nSPS) is 23.8. The number of hydrogen-bond donors (Lipinski definition) is 0. The number of rotatable bonds is 2. The summed E-state index contributed by atoms with van der Waals surface area (Å²) in [5.41, 5.74) is 0.351. The highest BCUT2D eigenvalue weighted by Crippen LogP contribution is 2.36. The van der Waals surface area contributed by atoms with Crippen LogP contribution in [0.15, 0.2) is 22.7 Å². The van der Waals surface area contributed by atoms with Crippen molar-refractivity contribution in [3.05, 3.63) is 28.2 Å². The predicted molar refractivity (Wildman–Crippen MR) is 67.2 cm³/mol. The molecule has 0 spiro atoms. The molecule has 5 heteroatoms. The third-order valence-electron chi connectivity index (χ3n) is 2.93. The average Bonchev–Trinajstić information content (AvgIpc) is 2.54. The molecular formula is C12H14BrNO3. The van der Waals surface area contributed by atoms with E-state index in [1.165, 1.54) is 0 Å². The zero-order valence-corrected chi connectivity index (χ0v) is 11.6. The van der Waals surface area contributed by atoms with Gasteiger partial charge in [0.2, 0.25) is 0 Å². The fourth-order valence-electron chi connectivity index (χ4n) is 1.97. The summed E-state index contributed by atoms with van der Waals surface area (Å²) in [5.74, 6) is 0.759. The lowest BCUT2D eigenvalue weighted by Crippen LogP contribution is -2.27. The lowest BCUT2D eigenvalue weighted by atomic mass is 9.96. The van der Waals surface area contributed by atoms with Crippen LogP contribution in [0.3, 0.4) is 0 Å². The third-order valence-corrected chi connectivity index (χ3v) is 3.55. The Morgan fingerprint density at radius 2 is 2.24 bits per heavy atom. The number of halogens is 1. The average molecular weight is 300 g/mol. The Morgan fingerprint density at radius 1 is 1.53 bits per heavy atom. The molecule has 1 saturated heterocycles. The maximum Gasteiger partial charge on any atom is 0.410 e. The first kappa shape index (κ1) is 12.2. The number of amides is 1. The first-order valence-electron chi connectivity index (χ1n) is 5.24. The van der Waals surface area contributed by atoms with Gasteiger partial charge in [-0.3, -0.25) is 0 Å². The summed E-state index contributed by atoms with van der Waals surface area (Å²) in [6.45, 7) is 2.45. The minimum Gasteiger partial charge on any atom is -0.496 e. The van der Waals surface area contributed by atoms with Gasteiger partial charge >= 0.3 is 6.09 Å². The van der Waals surface area contributed by atoms with Gasteiger partial charge in [-0.2, -0.15) is 0 Å². The van der Waals surface area contributed by atoms with Crippen LogP contribution in [0.2, 0.25) is 0 Å². The van der Waals surface area contributed by atoms with E-state index in [9.17, 15) is 4.79 Å². The molecule has 1 heterocycles. The number of ether oxygens (including phenoxy) is 2. The molecule has 17 heavy (non-hydrogen) atoms. The molecule has 1 aliphatic heterocycles. The van der Waals surface area contributed by atoms with Gasteiger partial charge in [0, 0.05) is 7.05 Å². The molecule has 1 amide bonds. The van der Waals surface area contributed by atoms with E-state index in [1.807, 2.05) is 25.1 Å². The molecule has 0 saturated carbocycles. The largest absolute Gasteiger partial charge is 0.496 e. The summed E-state index contributed by atoms with van der Waals surface area (Å²) in [4.78, 5) is 13.0. The number of benzene rings is 1. The number of methoxy groups -OCH3 is 1. The first-order valence-corrected chi connectivity index (χ1v) is 6.04. The molecule has 1 aromatic carbocycles. The summed E-state index contributed by atoms with van der Waals surface area (Å²) >= 11 is 3.43. The van der Waals surface area contributed by atoms with Crippen LogP contribution >= 0.6 is 15.9 Å². The maximum atomic E-state index is 11.4. The molecule has 0 radical (unpaired) electrons. The van der Waals surface area contributed by atoms with Gasteiger partial charge in [0.1, 0.15) is 5.75 Å². The molecule has 1 atom stereocenters. The van der Waals surface area contributed by atoms with Crippen molar-refractivity contribution >= 4 is 22.0 Å². The molecule has 1 unspecified atom stereocenters. The van der Waals surface area contributed by atoms with Crippen molar-refractivity contribution in [2.75, 3.05) is 20.7 Å². The van der Waals surface area contributed by atoms with Crippen LogP contribution in [0.1, 0.15) is 12.5 Å². The fourth-order valence-corrected chi connectivity index (χ4v) is 2.51. The lowest BCUT2D eigenvalue weighted by molar-refractivity contribution is 0.0700. The number of hydrogen-bond acceptors (Lipinski definition) is 3. The molecular weight excluding hydrogens is 286 g/mol. The summed E-state index contributed by atoms with van der Waals surface area (Å²) in [6.07, 6.45) is -0.292. The van der Waals surface area contributed by atoms with Crippen LogP contribution in [0, 0.1) is 0 Å². The monoisotopic (exact) mass is 299 g/mol. The zero-order chi connectivity index (χ0) is 12.6. The van der Waals surface area contributed by atoms with E-state index in [4.69, 9.17) is 9.47 Å². The number of carbonyl (C=O) groups is 1. The van der Waals surface area contributed by atoms with Crippen molar-refractivity contribution in [3.8, 4) is 5.75 Å². The Hall–Kier alpha value is -1.23. The number of nitrogens with zero attached hydrogens (tertiary/aromatic N) is 1. The molecule has 0 aliphatic carbocycles. The quantitative estimate of drug-likeness (QED) is 0.843. The van der Waals surface area contributed by atoms with Gasteiger partial charge in [-0.15, -0.1) is 0 Å². The Balaban J connectivity index is 2.35. The van der Waals surface area contributed by atoms with Gasteiger partial charge in [0.05, 0.1) is 18.1 Å². The van der Waals surface area contributed by atoms with Crippen molar-refractivity contribution in [1.82, 2.24) is 4.90 Å². The van der Waals surface area contributed by atoms with E-state index >= 15 is 0 Å². The minimum absolute atomic E-state index is 0.292. The smallest absolute Gasteiger partial charge is 0.410 e. The minimum atomic E-state index is -0.597. The van der Waals surface area contributed by atoms with Crippen LogP contribution in [-0.4, -0.2) is 31.7 Å². The van der Waals surface area contributed by atoms with E-state index in [1.54, 1.807) is 19.1 Å². The summed E-state index contributed by atoms with van der Waals surface area (Å²) in [6, 6.07) is 5.69. The van der Waals surface area contributed by atoms with Crippen LogP contribution in [0.5, 0.6) is 5.75 Å². The molecule has 1 aromatic rings. The summed E-state index contributed by atoms with van der Waals surface area (Å²) < 4.78 is 11.4. The molecule has 92 valence electrons. The second-order valence-electron chi connectivity index (χ2n) is 4.30. The topological polar surface area (TPSA) is 38.8 Å². The van der Waals surface area contributed by atoms with Gasteiger partial charge in [0.25, 0.3) is 0 Å². The highest BCUT2D eigenvalue weighted by molar-refractivity contribution is 9.10. The second kappa shape index (κ2) is 4.22. The van der Waals surface area contributed by atoms with E-state index in [0.29, 0.717) is 6.54 Å². The zero-order valence-electron chi connectivity index (χ0n) is 9.99. The van der Waals surface area contributed by atoms with Crippen molar-refractivity contribution in [3.63, 3.8) is 0 Å². The van der Waals surface area contributed by atoms with Gasteiger partial charge < -0.3 is 14.4 Å². The highest BCUT2D eigenvalue weighted by Gasteiger charge is 2.41. The third kappa shape index (κ3) is 2.11. The highest BCUT2D eigenvalue weighted by atomic mass is 79.9. The Kier molecular flexibility index (Phi) is 3.03. The first-order chi connectivity index (χ1) is 7.96. The fraction of sp³-hybridized carbons (Fsp3) is 0.417. The molecule has 0 bridgehead atoms. The van der Waals surface area contributed by atoms with Crippen molar-refractivity contribution in [2.24, 2.45) is 0 Å². The second-order valence-corrected chi connectivity index (χ2v) is 5.16. The van der Waals surface area contributed by atoms with Gasteiger partial charge in [0.15, 0.2) is 5.60 Å². The van der Waals surface area contributed by atoms with E-state index in [0.717, 1.165) is 15.8 Å². The molecule has 1 fully saturated rings. The number of cyclic esters (lactones) is 1. The van der Waals surface area contributed by atoms with Crippen molar-refractivity contribution in [2.45, 2.75) is 12.5 Å². The van der Waals surface area contributed by atoms with E-state index in [2.05, 4.69) is 15.9 Å². The molecule has 4 nitrogen and oxygen atoms in total. The maximum absolute atomic E-state index is 11.4. The molecule has 1 aliphatic rings. The Labute approximate surface area is 109 Å². The molecule has 0 N–H and O–H groups in total. The number of likely N-dealkylation sites (N-methyl/N-ethyl adjacent to an activating group) is 1. The summed E-state index contributed by atoms with van der Waals surface area (Å²) in [5, 5.41) is 0. The van der Waals surface area contributed by atoms with Crippen LogP contribution in [0.4, 0.5) is 4.79 Å². The standard InChI is InChI=1S/C12H14BrNO3/c1-12(7-14(2)11(15)17-12)8-4-5-10(16-3)9(13)6-8/h4-6H,7H2,1-3H3. The van der Waals surface area contributed by atoms with Gasteiger partial charge in [-0.25, -0.2) is 4.79 Å². The molecule has 0 aromatic heterocycles. The van der Waals surface area contributed by atoms with Crippen LogP contribution in [0.25, 0.3) is 0 Å². The summed E-state index contributed by atoms with van der Waals surface area (Å²) in [7, 11) is 3.34. The van der Waals surface area contributed by atoms with E-state index in [-0.39, 0.29) is 6.09 Å². The van der Waals surface area contributed by atoms with Crippen LogP contribution in [-0.2, 0) is 10.3 Å². The SMILES string of the molecule is COc1ccc(C2(C)CN(C)C(=O)O2)cc1Br. The van der Waals surface area contributed by atoms with E-state index < -0.39 is 5.60 Å². The van der Waals surface area contributed by atoms with Gasteiger partial charge in [-0.05, 0) is 40.5 Å². The number of carbonyl (C=O) groups excluding carboxylic acids is 1. The van der Waals surface area contributed by atoms with Gasteiger partial charge in [-0.1, -0.05) is 6.07 Å². The lowest BCUT2D eigenvalue weighted by Gasteiger charge is -2.22. The Bertz CT molecular complexity index is 463. The molecule has 2 rings (SSSR count). The van der Waals surface area contributed by atoms with Crippen molar-refractivity contribution < 1.29 is 14.3 Å². The van der Waals surface area contributed by atoms with Crippen LogP contribution < -0.4 is 4.74 Å².